The molecule has 16 heteroatoms. The number of nitro benzene ring substituents is 2. The molecule has 56 heavy (non-hydrogen) atoms. The van der Waals surface area contributed by atoms with Crippen LogP contribution < -0.4 is 0 Å². The molecule has 0 aliphatic rings. The van der Waals surface area contributed by atoms with Crippen LogP contribution in [0.1, 0.15) is 35.1 Å². The fraction of sp³-hybridized carbons (Fsp3) is 0.200. The summed E-state index contributed by atoms with van der Waals surface area (Å²) in [5, 5.41) is 43.5. The number of rotatable bonds is 12. The maximum atomic E-state index is 13.7. The lowest BCUT2D eigenvalue weighted by molar-refractivity contribution is -0.384. The van der Waals surface area contributed by atoms with Gasteiger partial charge in [0.25, 0.3) is 11.4 Å². The molecule has 292 valence electrons. The standard InChI is InChI=1S/2C20H17F3N2O3/c2*1-2-10-19(26,20(21,22)23)17-13-24(12-14-6-4-3-5-7-14)18-11-15(25(27)28)8-9-16(17)18/h2*2-9,11,13,26H,1,10,12H2. The zero-order valence-electron chi connectivity index (χ0n) is 29.4. The Hall–Kier alpha value is -6.26. The van der Waals surface area contributed by atoms with Crippen molar-refractivity contribution in [1.82, 2.24) is 9.13 Å². The molecule has 2 aromatic heterocycles. The summed E-state index contributed by atoms with van der Waals surface area (Å²) in [5.41, 5.74) is -5.43. The van der Waals surface area contributed by atoms with Crippen LogP contribution in [0.5, 0.6) is 0 Å². The Kier molecular flexibility index (Phi) is 11.6. The number of fused-ring (bicyclic) bond motifs is 2. The van der Waals surface area contributed by atoms with E-state index in [9.17, 15) is 56.8 Å². The maximum Gasteiger partial charge on any atom is 0.421 e. The van der Waals surface area contributed by atoms with Crippen LogP contribution in [0.15, 0.2) is 135 Å². The van der Waals surface area contributed by atoms with Crippen LogP contribution in [0.2, 0.25) is 0 Å². The molecule has 0 aliphatic heterocycles. The number of halogens is 6. The molecular weight excluding hydrogens is 746 g/mol. The zero-order valence-corrected chi connectivity index (χ0v) is 29.4. The Bertz CT molecular complexity index is 2220. The van der Waals surface area contributed by atoms with Crippen molar-refractivity contribution in [3.05, 3.63) is 177 Å². The van der Waals surface area contributed by atoms with E-state index in [1.165, 1.54) is 45.8 Å². The topological polar surface area (TPSA) is 137 Å². The number of nitro groups is 2. The highest BCUT2D eigenvalue weighted by atomic mass is 19.4. The summed E-state index contributed by atoms with van der Waals surface area (Å²) in [6, 6.07) is 25.1. The summed E-state index contributed by atoms with van der Waals surface area (Å²) in [5.74, 6) is 0. The summed E-state index contributed by atoms with van der Waals surface area (Å²) >= 11 is 0. The Morgan fingerprint density at radius 1 is 0.589 bits per heavy atom. The molecule has 10 nitrogen and oxygen atoms in total. The Morgan fingerprint density at radius 2 is 0.929 bits per heavy atom. The van der Waals surface area contributed by atoms with Crippen molar-refractivity contribution in [2.75, 3.05) is 0 Å². The van der Waals surface area contributed by atoms with Gasteiger partial charge in [-0.15, -0.1) is 13.2 Å². The third-order valence-electron chi connectivity index (χ3n) is 9.25. The lowest BCUT2D eigenvalue weighted by Crippen LogP contribution is -2.41. The fourth-order valence-electron chi connectivity index (χ4n) is 6.44. The van der Waals surface area contributed by atoms with Gasteiger partial charge in [-0.2, -0.15) is 26.3 Å². The van der Waals surface area contributed by atoms with Gasteiger partial charge >= 0.3 is 12.4 Å². The van der Waals surface area contributed by atoms with Crippen LogP contribution in [0.3, 0.4) is 0 Å². The van der Waals surface area contributed by atoms with Gasteiger partial charge in [-0.3, -0.25) is 20.2 Å². The first-order valence-electron chi connectivity index (χ1n) is 16.8. The molecular formula is C40H34F6N4O6. The van der Waals surface area contributed by atoms with Crippen molar-refractivity contribution >= 4 is 33.2 Å². The third-order valence-corrected chi connectivity index (χ3v) is 9.25. The van der Waals surface area contributed by atoms with Crippen molar-refractivity contribution in [3.63, 3.8) is 0 Å². The van der Waals surface area contributed by atoms with Gasteiger partial charge in [0, 0.05) is 84.5 Å². The molecule has 0 spiro atoms. The molecule has 0 amide bonds. The minimum Gasteiger partial charge on any atom is -0.376 e. The molecule has 2 N–H and O–H groups in total. The van der Waals surface area contributed by atoms with Gasteiger partial charge in [-0.1, -0.05) is 72.8 Å². The lowest BCUT2D eigenvalue weighted by Gasteiger charge is -2.29. The van der Waals surface area contributed by atoms with E-state index in [0.717, 1.165) is 35.4 Å². The normalized spacial score (nSPS) is 14.0. The molecule has 0 saturated carbocycles. The highest BCUT2D eigenvalue weighted by Gasteiger charge is 2.56. The number of benzene rings is 4. The van der Waals surface area contributed by atoms with Crippen molar-refractivity contribution in [1.29, 1.82) is 0 Å². The largest absolute Gasteiger partial charge is 0.421 e. The van der Waals surface area contributed by atoms with Gasteiger partial charge in [-0.25, -0.2) is 0 Å². The monoisotopic (exact) mass is 780 g/mol. The molecule has 0 bridgehead atoms. The average molecular weight is 781 g/mol. The summed E-state index contributed by atoms with van der Waals surface area (Å²) in [4.78, 5) is 21.0. The molecule has 6 rings (SSSR count). The Morgan fingerprint density at radius 3 is 1.21 bits per heavy atom. The summed E-state index contributed by atoms with van der Waals surface area (Å²) < 4.78 is 85.4. The van der Waals surface area contributed by atoms with Gasteiger partial charge in [0.1, 0.15) is 0 Å². The minimum atomic E-state index is -4.95. The summed E-state index contributed by atoms with van der Waals surface area (Å²) in [7, 11) is 0. The number of nitrogens with zero attached hydrogens (tertiary/aromatic N) is 4. The van der Waals surface area contributed by atoms with Crippen molar-refractivity contribution in [2.45, 2.75) is 49.5 Å². The molecule has 2 heterocycles. The Balaban J connectivity index is 0.000000214. The molecule has 4 aromatic carbocycles. The highest BCUT2D eigenvalue weighted by molar-refractivity contribution is 5.88. The first-order valence-corrected chi connectivity index (χ1v) is 16.8. The van der Waals surface area contributed by atoms with Crippen LogP contribution in [0.4, 0.5) is 37.7 Å². The van der Waals surface area contributed by atoms with Gasteiger partial charge in [0.2, 0.25) is 0 Å². The van der Waals surface area contributed by atoms with Crippen LogP contribution in [0, 0.1) is 20.2 Å². The van der Waals surface area contributed by atoms with E-state index in [-0.39, 0.29) is 57.4 Å². The molecule has 6 aromatic rings. The van der Waals surface area contributed by atoms with E-state index < -0.39 is 46.2 Å². The maximum absolute atomic E-state index is 13.7. The fourth-order valence-corrected chi connectivity index (χ4v) is 6.44. The first kappa shape index (κ1) is 40.9. The van der Waals surface area contributed by atoms with Gasteiger partial charge < -0.3 is 19.3 Å². The lowest BCUT2D eigenvalue weighted by atomic mass is 9.89. The van der Waals surface area contributed by atoms with Crippen molar-refractivity contribution < 1.29 is 46.4 Å². The van der Waals surface area contributed by atoms with E-state index >= 15 is 0 Å². The van der Waals surface area contributed by atoms with Gasteiger partial charge in [0.15, 0.2) is 11.2 Å². The second-order valence-electron chi connectivity index (χ2n) is 12.9. The molecule has 2 atom stereocenters. The average Bonchev–Trinajstić information content (AvgIpc) is 3.70. The van der Waals surface area contributed by atoms with Crippen LogP contribution >= 0.6 is 0 Å². The molecule has 2 unspecified atom stereocenters. The second-order valence-corrected chi connectivity index (χ2v) is 12.9. The number of alkyl halides is 6. The highest BCUT2D eigenvalue weighted by Crippen LogP contribution is 2.47. The molecule has 0 saturated heterocycles. The number of hydrogen-bond donors (Lipinski definition) is 2. The molecule has 0 radical (unpaired) electrons. The Labute approximate surface area is 315 Å². The summed E-state index contributed by atoms with van der Waals surface area (Å²) in [6.07, 6.45) is -6.96. The quantitative estimate of drug-likeness (QED) is 0.0549. The van der Waals surface area contributed by atoms with Gasteiger partial charge in [-0.05, 0) is 23.3 Å². The van der Waals surface area contributed by atoms with E-state index in [0.29, 0.717) is 0 Å². The number of aliphatic hydroxyl groups is 2. The van der Waals surface area contributed by atoms with Crippen molar-refractivity contribution in [2.24, 2.45) is 0 Å². The zero-order chi connectivity index (χ0) is 41.1. The number of non-ortho nitro benzene ring substituents is 2. The predicted molar refractivity (Wildman–Crippen MR) is 198 cm³/mol. The summed E-state index contributed by atoms with van der Waals surface area (Å²) in [6.45, 7) is 7.03. The minimum absolute atomic E-state index is 0.100. The van der Waals surface area contributed by atoms with Crippen LogP contribution in [0.25, 0.3) is 21.8 Å². The van der Waals surface area contributed by atoms with Gasteiger partial charge in [0.05, 0.1) is 20.9 Å². The number of hydrogen-bond acceptors (Lipinski definition) is 6. The second kappa shape index (κ2) is 15.8. The van der Waals surface area contributed by atoms with Crippen LogP contribution in [-0.4, -0.2) is 41.5 Å². The van der Waals surface area contributed by atoms with E-state index in [1.807, 2.05) is 0 Å². The number of aromatic nitrogens is 2. The predicted octanol–water partition coefficient (Wildman–Crippen LogP) is 9.85. The van der Waals surface area contributed by atoms with Crippen LogP contribution in [-0.2, 0) is 24.3 Å². The van der Waals surface area contributed by atoms with Crippen molar-refractivity contribution in [3.8, 4) is 0 Å². The SMILES string of the molecule is C=CCC(O)(c1cn(Cc2ccccc2)c2cc([N+](=O)[O-])ccc12)C(F)(F)F.C=CCC(O)(c1cn(Cc2ccccc2)c2cc([N+](=O)[O-])ccc12)C(F)(F)F. The first-order chi connectivity index (χ1) is 26.3. The van der Waals surface area contributed by atoms with E-state index in [2.05, 4.69) is 13.2 Å². The molecule has 0 fully saturated rings. The van der Waals surface area contributed by atoms with E-state index in [4.69, 9.17) is 0 Å². The third kappa shape index (κ3) is 8.06. The van der Waals surface area contributed by atoms with E-state index in [1.54, 1.807) is 60.7 Å². The smallest absolute Gasteiger partial charge is 0.376 e. The molecule has 0 aliphatic carbocycles.